The van der Waals surface area contributed by atoms with Crippen LogP contribution in [0, 0.1) is 13.8 Å². The molecular weight excluding hydrogens is 266 g/mol. The van der Waals surface area contributed by atoms with Gasteiger partial charge in [0.1, 0.15) is 0 Å². The third kappa shape index (κ3) is 2.09. The van der Waals surface area contributed by atoms with Crippen molar-refractivity contribution in [1.82, 2.24) is 4.98 Å². The zero-order chi connectivity index (χ0) is 15.1. The van der Waals surface area contributed by atoms with E-state index in [-0.39, 0.29) is 11.8 Å². The Morgan fingerprint density at radius 3 is 2.67 bits per heavy atom. The summed E-state index contributed by atoms with van der Waals surface area (Å²) in [5, 5.41) is 10.1. The maximum absolute atomic E-state index is 12.7. The fraction of sp³-hybridized carbons (Fsp3) is 0.176. The van der Waals surface area contributed by atoms with Gasteiger partial charge in [-0.15, -0.1) is 0 Å². The Hall–Kier alpha value is -2.62. The Labute approximate surface area is 121 Å². The van der Waals surface area contributed by atoms with E-state index in [1.54, 1.807) is 18.2 Å². The van der Waals surface area contributed by atoms with Crippen LogP contribution >= 0.6 is 0 Å². The lowest BCUT2D eigenvalue weighted by Crippen LogP contribution is -2.10. The average molecular weight is 281 g/mol. The summed E-state index contributed by atoms with van der Waals surface area (Å²) < 4.78 is 0. The largest absolute Gasteiger partial charge is 0.481 e. The number of fused-ring (bicyclic) bond motifs is 2. The standard InChI is InChI=1S/C17H15NO3/c1-9-6-7-12-16(10(9)2)18-13-5-3-4-11(8-14(19)20)15(13)17(12)21/h3-7H,8H2,1-2H3,(H,18,21)(H,19,20). The Kier molecular flexibility index (Phi) is 3.01. The predicted octanol–water partition coefficient (Wildman–Crippen LogP) is 2.93. The van der Waals surface area contributed by atoms with E-state index in [4.69, 9.17) is 5.11 Å². The van der Waals surface area contributed by atoms with Crippen LogP contribution in [-0.2, 0) is 11.2 Å². The van der Waals surface area contributed by atoms with Gasteiger partial charge in [-0.2, -0.15) is 0 Å². The minimum atomic E-state index is -0.943. The Morgan fingerprint density at radius 1 is 1.19 bits per heavy atom. The first kappa shape index (κ1) is 13.4. The lowest BCUT2D eigenvalue weighted by Gasteiger charge is -2.10. The summed E-state index contributed by atoms with van der Waals surface area (Å²) in [6.07, 6.45) is -0.156. The molecule has 3 aromatic rings. The second-order valence-corrected chi connectivity index (χ2v) is 5.29. The maximum atomic E-state index is 12.7. The Bertz CT molecular complexity index is 938. The molecule has 0 amide bonds. The molecule has 0 radical (unpaired) electrons. The molecule has 0 saturated carbocycles. The summed E-state index contributed by atoms with van der Waals surface area (Å²) in [7, 11) is 0. The SMILES string of the molecule is Cc1ccc2c(=O)c3c(CC(=O)O)cccc3[nH]c2c1C. The molecule has 4 nitrogen and oxygen atoms in total. The molecule has 106 valence electrons. The molecular formula is C17H15NO3. The van der Waals surface area contributed by atoms with Crippen molar-refractivity contribution in [2.45, 2.75) is 20.3 Å². The number of aromatic nitrogens is 1. The van der Waals surface area contributed by atoms with Crippen molar-refractivity contribution >= 4 is 27.8 Å². The molecule has 0 aliphatic heterocycles. The second kappa shape index (κ2) is 4.74. The molecule has 2 N–H and O–H groups in total. The van der Waals surface area contributed by atoms with E-state index in [2.05, 4.69) is 4.98 Å². The van der Waals surface area contributed by atoms with Crippen LogP contribution in [0.15, 0.2) is 35.1 Å². The lowest BCUT2D eigenvalue weighted by atomic mass is 10.00. The molecule has 1 heterocycles. The van der Waals surface area contributed by atoms with E-state index < -0.39 is 5.97 Å². The highest BCUT2D eigenvalue weighted by molar-refractivity contribution is 5.96. The fourth-order valence-corrected chi connectivity index (χ4v) is 2.72. The molecule has 3 rings (SSSR count). The number of aryl methyl sites for hydroxylation is 2. The minimum absolute atomic E-state index is 0.112. The summed E-state index contributed by atoms with van der Waals surface area (Å²) in [5.74, 6) is -0.943. The van der Waals surface area contributed by atoms with Crippen LogP contribution in [0.2, 0.25) is 0 Å². The van der Waals surface area contributed by atoms with Gasteiger partial charge in [0.25, 0.3) is 0 Å². The lowest BCUT2D eigenvalue weighted by molar-refractivity contribution is -0.136. The van der Waals surface area contributed by atoms with Crippen LogP contribution < -0.4 is 5.43 Å². The van der Waals surface area contributed by atoms with Gasteiger partial charge in [0, 0.05) is 10.8 Å². The molecule has 0 atom stereocenters. The number of H-pyrrole nitrogens is 1. The fourth-order valence-electron chi connectivity index (χ4n) is 2.72. The summed E-state index contributed by atoms with van der Waals surface area (Å²) in [4.78, 5) is 27.0. The number of pyridine rings is 1. The van der Waals surface area contributed by atoms with Gasteiger partial charge in [0.15, 0.2) is 5.43 Å². The van der Waals surface area contributed by atoms with Crippen molar-refractivity contribution in [3.05, 3.63) is 57.2 Å². The van der Waals surface area contributed by atoms with Gasteiger partial charge in [-0.3, -0.25) is 9.59 Å². The molecule has 21 heavy (non-hydrogen) atoms. The van der Waals surface area contributed by atoms with Gasteiger partial charge in [0.2, 0.25) is 0 Å². The topological polar surface area (TPSA) is 70.2 Å². The maximum Gasteiger partial charge on any atom is 0.307 e. The average Bonchev–Trinajstić information content (AvgIpc) is 2.43. The third-order valence-electron chi connectivity index (χ3n) is 3.96. The van der Waals surface area contributed by atoms with Crippen molar-refractivity contribution in [3.63, 3.8) is 0 Å². The zero-order valence-corrected chi connectivity index (χ0v) is 11.9. The molecule has 2 aromatic carbocycles. The van der Waals surface area contributed by atoms with Crippen molar-refractivity contribution in [2.24, 2.45) is 0 Å². The van der Waals surface area contributed by atoms with E-state index in [0.717, 1.165) is 16.6 Å². The van der Waals surface area contributed by atoms with E-state index in [9.17, 15) is 9.59 Å². The molecule has 0 unspecified atom stereocenters. The van der Waals surface area contributed by atoms with Crippen LogP contribution in [0.25, 0.3) is 21.8 Å². The van der Waals surface area contributed by atoms with Gasteiger partial charge >= 0.3 is 5.97 Å². The van der Waals surface area contributed by atoms with Gasteiger partial charge in [0.05, 0.1) is 17.5 Å². The quantitative estimate of drug-likeness (QED) is 0.709. The van der Waals surface area contributed by atoms with Crippen molar-refractivity contribution < 1.29 is 9.90 Å². The number of hydrogen-bond acceptors (Lipinski definition) is 2. The molecule has 0 saturated heterocycles. The normalized spacial score (nSPS) is 11.1. The zero-order valence-electron chi connectivity index (χ0n) is 11.9. The first-order chi connectivity index (χ1) is 9.99. The summed E-state index contributed by atoms with van der Waals surface area (Å²) >= 11 is 0. The van der Waals surface area contributed by atoms with Crippen LogP contribution in [0.3, 0.4) is 0 Å². The van der Waals surface area contributed by atoms with Crippen LogP contribution in [0.4, 0.5) is 0 Å². The Balaban J connectivity index is 2.48. The second-order valence-electron chi connectivity index (χ2n) is 5.29. The first-order valence-corrected chi connectivity index (χ1v) is 6.74. The van der Waals surface area contributed by atoms with E-state index in [1.807, 2.05) is 26.0 Å². The molecule has 0 fully saturated rings. The highest BCUT2D eigenvalue weighted by atomic mass is 16.4. The number of aromatic amines is 1. The van der Waals surface area contributed by atoms with Gasteiger partial charge in [-0.25, -0.2) is 0 Å². The molecule has 1 aromatic heterocycles. The summed E-state index contributed by atoms with van der Waals surface area (Å²) in [6.45, 7) is 3.97. The molecule has 0 aliphatic rings. The minimum Gasteiger partial charge on any atom is -0.481 e. The summed E-state index contributed by atoms with van der Waals surface area (Å²) in [6, 6.07) is 8.99. The smallest absolute Gasteiger partial charge is 0.307 e. The van der Waals surface area contributed by atoms with Crippen molar-refractivity contribution in [3.8, 4) is 0 Å². The monoisotopic (exact) mass is 281 g/mol. The third-order valence-corrected chi connectivity index (χ3v) is 3.96. The molecule has 4 heteroatoms. The number of aliphatic carboxylic acids is 1. The number of carboxylic acid groups (broad SMARTS) is 1. The molecule has 0 spiro atoms. The highest BCUT2D eigenvalue weighted by Crippen LogP contribution is 2.22. The van der Waals surface area contributed by atoms with Crippen molar-refractivity contribution in [1.29, 1.82) is 0 Å². The van der Waals surface area contributed by atoms with Crippen molar-refractivity contribution in [2.75, 3.05) is 0 Å². The first-order valence-electron chi connectivity index (χ1n) is 6.74. The van der Waals surface area contributed by atoms with Crippen LogP contribution in [-0.4, -0.2) is 16.1 Å². The highest BCUT2D eigenvalue weighted by Gasteiger charge is 2.13. The Morgan fingerprint density at radius 2 is 1.95 bits per heavy atom. The van der Waals surface area contributed by atoms with E-state index >= 15 is 0 Å². The number of rotatable bonds is 2. The number of carboxylic acids is 1. The molecule has 0 aliphatic carbocycles. The molecule has 0 bridgehead atoms. The van der Waals surface area contributed by atoms with Gasteiger partial charge < -0.3 is 10.1 Å². The number of benzene rings is 2. The number of hydrogen-bond donors (Lipinski definition) is 2. The van der Waals surface area contributed by atoms with Gasteiger partial charge in [-0.05, 0) is 42.7 Å². The van der Waals surface area contributed by atoms with Crippen LogP contribution in [0.1, 0.15) is 16.7 Å². The van der Waals surface area contributed by atoms with Crippen LogP contribution in [0.5, 0.6) is 0 Å². The predicted molar refractivity (Wildman–Crippen MR) is 82.9 cm³/mol. The van der Waals surface area contributed by atoms with E-state index in [1.165, 1.54) is 0 Å². The van der Waals surface area contributed by atoms with E-state index in [0.29, 0.717) is 21.9 Å². The number of carbonyl (C=O) groups is 1. The van der Waals surface area contributed by atoms with Gasteiger partial charge in [-0.1, -0.05) is 18.2 Å². The number of nitrogens with one attached hydrogen (secondary N) is 1. The summed E-state index contributed by atoms with van der Waals surface area (Å²) in [5.41, 5.74) is 4.08.